The second kappa shape index (κ2) is 7.37. The first-order valence-corrected chi connectivity index (χ1v) is 11.0. The molecule has 0 radical (unpaired) electrons. The molecular formula is C23H29ClO4. The van der Waals surface area contributed by atoms with Crippen LogP contribution in [0.5, 0.6) is 5.75 Å². The molecular weight excluding hydrogens is 376 g/mol. The van der Waals surface area contributed by atoms with E-state index in [9.17, 15) is 14.7 Å². The Bertz CT molecular complexity index is 791. The minimum absolute atomic E-state index is 0.0279. The predicted molar refractivity (Wildman–Crippen MR) is 108 cm³/mol. The Balaban J connectivity index is 1.57. The summed E-state index contributed by atoms with van der Waals surface area (Å²) in [6, 6.07) is 6.13. The van der Waals surface area contributed by atoms with Crippen molar-refractivity contribution in [1.29, 1.82) is 0 Å². The summed E-state index contributed by atoms with van der Waals surface area (Å²) >= 11 is 6.32. The molecule has 2 saturated carbocycles. The molecule has 0 amide bonds. The quantitative estimate of drug-likeness (QED) is 0.427. The highest BCUT2D eigenvalue weighted by Gasteiger charge is 2.57. The smallest absolute Gasteiger partial charge is 0.321 e. The van der Waals surface area contributed by atoms with E-state index in [1.54, 1.807) is 6.92 Å². The van der Waals surface area contributed by atoms with E-state index in [0.29, 0.717) is 29.9 Å². The van der Waals surface area contributed by atoms with Crippen LogP contribution in [0.1, 0.15) is 69.4 Å². The van der Waals surface area contributed by atoms with Gasteiger partial charge in [-0.25, -0.2) is 0 Å². The number of carbonyl (C=O) groups is 2. The summed E-state index contributed by atoms with van der Waals surface area (Å²) in [5.74, 6) is 1.30. The first-order chi connectivity index (χ1) is 13.3. The number of carbonyl (C=O) groups excluding carboxylic acids is 1. The molecule has 1 N–H and O–H groups in total. The maximum Gasteiger partial charge on any atom is 0.321 e. The monoisotopic (exact) mass is 404 g/mol. The van der Waals surface area contributed by atoms with Gasteiger partial charge >= 0.3 is 11.9 Å². The first kappa shape index (κ1) is 19.8. The zero-order valence-electron chi connectivity index (χ0n) is 16.6. The number of carboxylic acids is 1. The molecule has 5 heteroatoms. The van der Waals surface area contributed by atoms with Crippen LogP contribution in [0.4, 0.5) is 0 Å². The lowest BCUT2D eigenvalue weighted by atomic mass is 9.54. The molecule has 6 atom stereocenters. The zero-order valence-corrected chi connectivity index (χ0v) is 17.4. The Morgan fingerprint density at radius 3 is 2.79 bits per heavy atom. The maximum absolute atomic E-state index is 11.6. The zero-order chi connectivity index (χ0) is 20.1. The number of aryl methyl sites for hydroxylation is 1. The number of fused-ring (bicyclic) bond motifs is 5. The number of alkyl halides is 1. The van der Waals surface area contributed by atoms with E-state index in [1.807, 2.05) is 12.1 Å². The fourth-order valence-corrected chi connectivity index (χ4v) is 6.93. The van der Waals surface area contributed by atoms with Crippen LogP contribution in [0.2, 0.25) is 0 Å². The lowest BCUT2D eigenvalue weighted by molar-refractivity contribution is -0.139. The van der Waals surface area contributed by atoms with E-state index in [2.05, 4.69) is 13.0 Å². The van der Waals surface area contributed by atoms with Gasteiger partial charge in [0.25, 0.3) is 0 Å². The fourth-order valence-electron chi connectivity index (χ4n) is 6.52. The van der Waals surface area contributed by atoms with Crippen LogP contribution in [0.25, 0.3) is 0 Å². The molecule has 4 rings (SSSR count). The van der Waals surface area contributed by atoms with Crippen molar-refractivity contribution in [1.82, 2.24) is 0 Å². The van der Waals surface area contributed by atoms with Crippen LogP contribution < -0.4 is 4.74 Å². The van der Waals surface area contributed by atoms with Gasteiger partial charge in [-0.15, -0.1) is 11.6 Å². The van der Waals surface area contributed by atoms with E-state index in [4.69, 9.17) is 16.3 Å². The van der Waals surface area contributed by atoms with Crippen molar-refractivity contribution < 1.29 is 19.4 Å². The second-order valence-electron chi connectivity index (χ2n) is 9.07. The predicted octanol–water partition coefficient (Wildman–Crippen LogP) is 5.17. The number of rotatable bonds is 4. The van der Waals surface area contributed by atoms with Crippen molar-refractivity contribution in [3.8, 4) is 5.75 Å². The SMILES string of the molecule is CCC(=O)Oc1ccc2c(c1)CC[C@@H]1[C@@H]2CC[C@]2(C)[C@@H](C(Cl)C(=O)O)CC[C@@H]12. The summed E-state index contributed by atoms with van der Waals surface area (Å²) in [4.78, 5) is 23.1. The molecule has 1 unspecified atom stereocenters. The van der Waals surface area contributed by atoms with E-state index in [-0.39, 0.29) is 17.3 Å². The minimum atomic E-state index is -0.876. The summed E-state index contributed by atoms with van der Waals surface area (Å²) in [7, 11) is 0. The Hall–Kier alpha value is -1.55. The number of hydrogen-bond acceptors (Lipinski definition) is 3. The Labute approximate surface area is 171 Å². The summed E-state index contributed by atoms with van der Waals surface area (Å²) in [5.41, 5.74) is 2.74. The number of esters is 1. The van der Waals surface area contributed by atoms with Gasteiger partial charge in [0.1, 0.15) is 11.1 Å². The van der Waals surface area contributed by atoms with Crippen molar-refractivity contribution in [3.05, 3.63) is 29.3 Å². The largest absolute Gasteiger partial charge is 0.480 e. The Morgan fingerprint density at radius 2 is 2.07 bits per heavy atom. The average molecular weight is 405 g/mol. The number of carboxylic acid groups (broad SMARTS) is 1. The van der Waals surface area contributed by atoms with Crippen LogP contribution in [0.15, 0.2) is 18.2 Å². The van der Waals surface area contributed by atoms with E-state index in [0.717, 1.165) is 38.5 Å². The molecule has 0 aromatic heterocycles. The maximum atomic E-state index is 11.6. The molecule has 28 heavy (non-hydrogen) atoms. The number of halogens is 1. The summed E-state index contributed by atoms with van der Waals surface area (Å²) in [6.07, 6.45) is 6.61. The van der Waals surface area contributed by atoms with Gasteiger partial charge in [0.15, 0.2) is 0 Å². The van der Waals surface area contributed by atoms with Crippen molar-refractivity contribution in [2.45, 2.75) is 70.1 Å². The minimum Gasteiger partial charge on any atom is -0.480 e. The Morgan fingerprint density at radius 1 is 1.29 bits per heavy atom. The lowest BCUT2D eigenvalue weighted by Gasteiger charge is -2.51. The van der Waals surface area contributed by atoms with Gasteiger partial charge in [-0.3, -0.25) is 9.59 Å². The molecule has 0 heterocycles. The summed E-state index contributed by atoms with van der Waals surface area (Å²) < 4.78 is 5.40. The number of ether oxygens (including phenoxy) is 1. The highest BCUT2D eigenvalue weighted by molar-refractivity contribution is 6.29. The average Bonchev–Trinajstić information content (AvgIpc) is 3.03. The normalized spacial score (nSPS) is 34.7. The van der Waals surface area contributed by atoms with Crippen LogP contribution >= 0.6 is 11.6 Å². The van der Waals surface area contributed by atoms with Crippen molar-refractivity contribution in [2.75, 3.05) is 0 Å². The molecule has 3 aliphatic carbocycles. The Kier molecular flexibility index (Phi) is 5.20. The topological polar surface area (TPSA) is 63.6 Å². The van der Waals surface area contributed by atoms with Crippen LogP contribution in [-0.2, 0) is 16.0 Å². The van der Waals surface area contributed by atoms with Gasteiger partial charge in [0.05, 0.1) is 0 Å². The highest BCUT2D eigenvalue weighted by Crippen LogP contribution is 2.64. The third kappa shape index (κ3) is 3.14. The summed E-state index contributed by atoms with van der Waals surface area (Å²) in [5, 5.41) is 8.67. The molecule has 1 aromatic carbocycles. The van der Waals surface area contributed by atoms with Crippen LogP contribution in [-0.4, -0.2) is 22.4 Å². The molecule has 0 saturated heterocycles. The van der Waals surface area contributed by atoms with Gasteiger partial charge in [-0.1, -0.05) is 19.9 Å². The lowest BCUT2D eigenvalue weighted by Crippen LogP contribution is -2.45. The van der Waals surface area contributed by atoms with E-state index >= 15 is 0 Å². The number of aliphatic carboxylic acids is 1. The number of hydrogen-bond donors (Lipinski definition) is 1. The molecule has 0 bridgehead atoms. The van der Waals surface area contributed by atoms with E-state index in [1.165, 1.54) is 11.1 Å². The molecule has 3 aliphatic rings. The van der Waals surface area contributed by atoms with Crippen LogP contribution in [0, 0.1) is 23.2 Å². The molecule has 0 aliphatic heterocycles. The highest BCUT2D eigenvalue weighted by atomic mass is 35.5. The van der Waals surface area contributed by atoms with Gasteiger partial charge in [-0.05, 0) is 90.9 Å². The third-order valence-electron chi connectivity index (χ3n) is 7.88. The fraction of sp³-hybridized carbons (Fsp3) is 0.652. The van der Waals surface area contributed by atoms with Gasteiger partial charge in [-0.2, -0.15) is 0 Å². The molecule has 152 valence electrons. The number of benzene rings is 1. The van der Waals surface area contributed by atoms with Gasteiger partial charge < -0.3 is 9.84 Å². The molecule has 1 aromatic rings. The van der Waals surface area contributed by atoms with Crippen molar-refractivity contribution in [3.63, 3.8) is 0 Å². The second-order valence-corrected chi connectivity index (χ2v) is 9.54. The third-order valence-corrected chi connectivity index (χ3v) is 8.37. The molecule has 2 fully saturated rings. The van der Waals surface area contributed by atoms with Crippen molar-refractivity contribution >= 4 is 23.5 Å². The van der Waals surface area contributed by atoms with Gasteiger partial charge in [0, 0.05) is 6.42 Å². The van der Waals surface area contributed by atoms with Crippen LogP contribution in [0.3, 0.4) is 0 Å². The first-order valence-electron chi connectivity index (χ1n) is 10.6. The van der Waals surface area contributed by atoms with Crippen molar-refractivity contribution in [2.24, 2.45) is 23.2 Å². The molecule has 0 spiro atoms. The van der Waals surface area contributed by atoms with E-state index < -0.39 is 11.3 Å². The molecule has 4 nitrogen and oxygen atoms in total. The summed E-state index contributed by atoms with van der Waals surface area (Å²) in [6.45, 7) is 4.08. The standard InChI is InChI=1S/C23H29ClO4/c1-3-20(25)28-14-5-7-15-13(12-14)4-6-17-16(15)10-11-23(2)18(17)8-9-19(23)21(24)22(26)27/h5,7,12,16-19,21H,3-4,6,8-11H2,1-2H3,(H,26,27)/t16-,17-,18+,19-,21?,23+/m1/s1. The van der Waals surface area contributed by atoms with Gasteiger partial charge in [0.2, 0.25) is 0 Å².